The van der Waals surface area contributed by atoms with Crippen molar-refractivity contribution >= 4 is 44.1 Å². The van der Waals surface area contributed by atoms with Crippen LogP contribution in [0.4, 0.5) is 11.4 Å². The Morgan fingerprint density at radius 1 is 1.33 bits per heavy atom. The second-order valence-corrected chi connectivity index (χ2v) is 6.46. The minimum Gasteiger partial charge on any atom is -0.493 e. The fourth-order valence-electron chi connectivity index (χ4n) is 2.34. The molecule has 10 heteroatoms. The number of rotatable bonds is 5. The fraction of sp³-hybridized carbons (Fsp3) is 0.118. The number of aromatic hydroxyl groups is 1. The van der Waals surface area contributed by atoms with E-state index in [9.17, 15) is 20.0 Å². The normalized spacial score (nSPS) is 11.2. The third-order valence-electron chi connectivity index (χ3n) is 3.70. The van der Waals surface area contributed by atoms with Crippen molar-refractivity contribution in [2.75, 3.05) is 6.61 Å². The molecule has 0 unspecified atom stereocenters. The van der Waals surface area contributed by atoms with Gasteiger partial charge < -0.3 is 14.8 Å². The summed E-state index contributed by atoms with van der Waals surface area (Å²) in [5.74, 6) is -0.578. The van der Waals surface area contributed by atoms with E-state index in [0.717, 1.165) is 10.0 Å². The molecule has 3 aromatic rings. The lowest BCUT2D eigenvalue weighted by Gasteiger charge is -2.02. The molecule has 1 aromatic heterocycles. The second kappa shape index (κ2) is 7.54. The lowest BCUT2D eigenvalue weighted by molar-refractivity contribution is -0.384. The van der Waals surface area contributed by atoms with Gasteiger partial charge in [-0.15, -0.1) is 10.2 Å². The summed E-state index contributed by atoms with van der Waals surface area (Å²) in [7, 11) is 0. The molecule has 27 heavy (non-hydrogen) atoms. The van der Waals surface area contributed by atoms with Crippen molar-refractivity contribution in [3.05, 3.63) is 56.5 Å². The summed E-state index contributed by atoms with van der Waals surface area (Å²) >= 11 is 3.40. The molecule has 2 aromatic carbocycles. The molecule has 0 spiro atoms. The van der Waals surface area contributed by atoms with E-state index in [1.165, 1.54) is 24.3 Å². The molecule has 0 atom stereocenters. The van der Waals surface area contributed by atoms with Crippen LogP contribution in [0.5, 0.6) is 11.6 Å². The van der Waals surface area contributed by atoms with Crippen molar-refractivity contribution in [1.29, 1.82) is 0 Å². The molecule has 138 valence electrons. The number of amides is 1. The van der Waals surface area contributed by atoms with Crippen LogP contribution in [0.2, 0.25) is 0 Å². The molecule has 0 aliphatic carbocycles. The first kappa shape index (κ1) is 18.5. The van der Waals surface area contributed by atoms with E-state index >= 15 is 0 Å². The Morgan fingerprint density at radius 3 is 2.70 bits per heavy atom. The van der Waals surface area contributed by atoms with Gasteiger partial charge in [-0.3, -0.25) is 14.9 Å². The van der Waals surface area contributed by atoms with Crippen molar-refractivity contribution in [2.45, 2.75) is 6.92 Å². The number of carbonyl (C=O) groups is 1. The number of fused-ring (bicyclic) bond motifs is 1. The summed E-state index contributed by atoms with van der Waals surface area (Å²) in [6, 6.07) is 8.91. The predicted octanol–water partition coefficient (Wildman–Crippen LogP) is 4.54. The molecular formula is C17H13BrN4O5. The highest BCUT2D eigenvalue weighted by Gasteiger charge is 2.13. The molecule has 0 aliphatic heterocycles. The SMILES string of the molecule is Cc1cc2c(N=NC(=O)COc3ccc([N+](=O)[O-])cc3)c(O)[nH]c2cc1Br. The highest BCUT2D eigenvalue weighted by atomic mass is 79.9. The average Bonchev–Trinajstić information content (AvgIpc) is 2.93. The standard InChI is InChI=1S/C17H13BrN4O5/c1-9-6-12-14(7-13(9)18)19-17(24)16(12)21-20-15(23)8-27-11-4-2-10(3-5-11)22(25)26/h2-7,19,24H,8H2,1H3. The maximum Gasteiger partial charge on any atom is 0.302 e. The molecule has 0 saturated heterocycles. The van der Waals surface area contributed by atoms with Crippen molar-refractivity contribution < 1.29 is 19.6 Å². The van der Waals surface area contributed by atoms with Gasteiger partial charge in [0.15, 0.2) is 12.3 Å². The number of azo groups is 1. The van der Waals surface area contributed by atoms with Gasteiger partial charge in [-0.2, -0.15) is 0 Å². The lowest BCUT2D eigenvalue weighted by atomic mass is 10.1. The van der Waals surface area contributed by atoms with Gasteiger partial charge in [0.25, 0.3) is 5.69 Å². The Hall–Kier alpha value is -3.27. The maximum absolute atomic E-state index is 11.9. The van der Waals surface area contributed by atoms with Crippen molar-refractivity contribution in [2.24, 2.45) is 10.2 Å². The van der Waals surface area contributed by atoms with Crippen molar-refractivity contribution in [1.82, 2.24) is 4.98 Å². The van der Waals surface area contributed by atoms with E-state index in [1.807, 2.05) is 13.0 Å². The zero-order valence-electron chi connectivity index (χ0n) is 14.0. The maximum atomic E-state index is 11.9. The van der Waals surface area contributed by atoms with Crippen LogP contribution in [-0.4, -0.2) is 27.5 Å². The Labute approximate surface area is 161 Å². The molecule has 0 fully saturated rings. The van der Waals surface area contributed by atoms with Gasteiger partial charge in [0.1, 0.15) is 5.75 Å². The number of nitro benzene ring substituents is 1. The van der Waals surface area contributed by atoms with Crippen LogP contribution in [0, 0.1) is 17.0 Å². The Morgan fingerprint density at radius 2 is 2.04 bits per heavy atom. The highest BCUT2D eigenvalue weighted by molar-refractivity contribution is 9.10. The van der Waals surface area contributed by atoms with E-state index in [0.29, 0.717) is 16.7 Å². The van der Waals surface area contributed by atoms with Crippen LogP contribution in [0.3, 0.4) is 0 Å². The van der Waals surface area contributed by atoms with Gasteiger partial charge in [0.2, 0.25) is 5.88 Å². The van der Waals surface area contributed by atoms with E-state index in [-0.39, 0.29) is 17.3 Å². The zero-order chi connectivity index (χ0) is 19.6. The predicted molar refractivity (Wildman–Crippen MR) is 101 cm³/mol. The van der Waals surface area contributed by atoms with Crippen molar-refractivity contribution in [3.63, 3.8) is 0 Å². The van der Waals surface area contributed by atoms with E-state index in [1.54, 1.807) is 6.07 Å². The summed E-state index contributed by atoms with van der Waals surface area (Å²) in [5, 5.41) is 28.6. The molecule has 0 radical (unpaired) electrons. The molecular weight excluding hydrogens is 420 g/mol. The number of hydrogen-bond donors (Lipinski definition) is 2. The number of nitrogens with zero attached hydrogens (tertiary/aromatic N) is 3. The molecule has 2 N–H and O–H groups in total. The number of halogens is 1. The average molecular weight is 433 g/mol. The zero-order valence-corrected chi connectivity index (χ0v) is 15.6. The third kappa shape index (κ3) is 4.11. The van der Waals surface area contributed by atoms with Gasteiger partial charge in [-0.05, 0) is 36.8 Å². The Kier molecular flexibility index (Phi) is 5.17. The summed E-state index contributed by atoms with van der Waals surface area (Å²) in [6.07, 6.45) is 0. The lowest BCUT2D eigenvalue weighted by Crippen LogP contribution is -2.07. The number of benzene rings is 2. The number of aromatic amines is 1. The van der Waals surface area contributed by atoms with Crippen LogP contribution in [0.25, 0.3) is 10.9 Å². The van der Waals surface area contributed by atoms with Crippen molar-refractivity contribution in [3.8, 4) is 11.6 Å². The largest absolute Gasteiger partial charge is 0.493 e. The second-order valence-electron chi connectivity index (χ2n) is 5.60. The summed E-state index contributed by atoms with van der Waals surface area (Å²) in [5.41, 5.74) is 1.66. The minimum atomic E-state index is -0.670. The molecule has 0 saturated carbocycles. The smallest absolute Gasteiger partial charge is 0.302 e. The summed E-state index contributed by atoms with van der Waals surface area (Å²) in [6.45, 7) is 1.49. The number of aryl methyl sites for hydroxylation is 1. The molecule has 3 rings (SSSR count). The number of carbonyl (C=O) groups excluding carboxylic acids is 1. The van der Waals surface area contributed by atoms with Crippen LogP contribution in [0.15, 0.2) is 51.1 Å². The number of ether oxygens (including phenoxy) is 1. The molecule has 9 nitrogen and oxygen atoms in total. The quantitative estimate of drug-likeness (QED) is 0.347. The van der Waals surface area contributed by atoms with Crippen LogP contribution >= 0.6 is 15.9 Å². The monoisotopic (exact) mass is 432 g/mol. The van der Waals surface area contributed by atoms with E-state index in [2.05, 4.69) is 31.1 Å². The number of non-ortho nitro benzene ring substituents is 1. The summed E-state index contributed by atoms with van der Waals surface area (Å²) < 4.78 is 6.09. The van der Waals surface area contributed by atoms with Gasteiger partial charge in [-0.25, -0.2) is 0 Å². The number of hydrogen-bond acceptors (Lipinski definition) is 6. The van der Waals surface area contributed by atoms with Gasteiger partial charge >= 0.3 is 5.91 Å². The van der Waals surface area contributed by atoms with Gasteiger partial charge in [0, 0.05) is 22.0 Å². The first-order valence-electron chi connectivity index (χ1n) is 7.68. The van der Waals surface area contributed by atoms with E-state index < -0.39 is 17.4 Å². The third-order valence-corrected chi connectivity index (χ3v) is 4.56. The van der Waals surface area contributed by atoms with Gasteiger partial charge in [-0.1, -0.05) is 15.9 Å². The molecule has 0 bridgehead atoms. The summed E-state index contributed by atoms with van der Waals surface area (Å²) in [4.78, 5) is 24.7. The molecule has 1 heterocycles. The Balaban J connectivity index is 1.70. The van der Waals surface area contributed by atoms with Crippen LogP contribution < -0.4 is 4.74 Å². The van der Waals surface area contributed by atoms with E-state index in [4.69, 9.17) is 4.74 Å². The number of H-pyrrole nitrogens is 1. The van der Waals surface area contributed by atoms with Crippen LogP contribution in [0.1, 0.15) is 5.56 Å². The molecule has 1 amide bonds. The topological polar surface area (TPSA) is 130 Å². The first-order chi connectivity index (χ1) is 12.8. The molecule has 0 aliphatic rings. The van der Waals surface area contributed by atoms with Crippen LogP contribution in [-0.2, 0) is 4.79 Å². The fourth-order valence-corrected chi connectivity index (χ4v) is 2.68. The first-order valence-corrected chi connectivity index (χ1v) is 8.47. The number of aromatic nitrogens is 1. The number of nitrogens with one attached hydrogen (secondary N) is 1. The number of nitro groups is 1. The minimum absolute atomic E-state index is 0.0786. The van der Waals surface area contributed by atoms with Gasteiger partial charge in [0.05, 0.1) is 10.4 Å². The Bertz CT molecular complexity index is 1060. The highest BCUT2D eigenvalue weighted by Crippen LogP contribution is 2.37.